The number of rotatable bonds is 5. The van der Waals surface area contributed by atoms with Gasteiger partial charge in [0.1, 0.15) is 5.82 Å². The minimum Gasteiger partial charge on any atom is -0.415 e. The summed E-state index contributed by atoms with van der Waals surface area (Å²) in [6.07, 6.45) is 1.97. The number of halogens is 2. The maximum absolute atomic E-state index is 13.6. The highest BCUT2D eigenvalue weighted by molar-refractivity contribution is 9.10. The molecule has 18 heavy (non-hydrogen) atoms. The molecule has 0 saturated heterocycles. The second-order valence-corrected chi connectivity index (χ2v) is 6.13. The molecule has 0 aliphatic carbocycles. The average molecular weight is 349 g/mol. The number of thioether (sulfide) groups is 2. The SMILES string of the molecule is CSCc1nnc(SCc2ccc(Br)cc2F)o1. The van der Waals surface area contributed by atoms with Crippen LogP contribution in [0.25, 0.3) is 0 Å². The Kier molecular flexibility index (Phi) is 5.08. The standard InChI is InChI=1S/C11H10BrFN2OS2/c1-17-6-10-14-15-11(16-10)18-5-7-2-3-8(12)4-9(7)13/h2-4H,5-6H2,1H3. The summed E-state index contributed by atoms with van der Waals surface area (Å²) in [5.74, 6) is 1.53. The number of benzene rings is 1. The second kappa shape index (κ2) is 6.58. The third kappa shape index (κ3) is 3.73. The molecule has 0 saturated carbocycles. The predicted molar refractivity (Wildman–Crippen MR) is 75.2 cm³/mol. The van der Waals surface area contributed by atoms with Crippen LogP contribution in [0, 0.1) is 5.82 Å². The fourth-order valence-corrected chi connectivity index (χ4v) is 2.72. The van der Waals surface area contributed by atoms with Crippen LogP contribution in [0.15, 0.2) is 32.3 Å². The lowest BCUT2D eigenvalue weighted by Gasteiger charge is -2.00. The number of hydrogen-bond donors (Lipinski definition) is 0. The highest BCUT2D eigenvalue weighted by atomic mass is 79.9. The molecule has 96 valence electrons. The molecule has 0 N–H and O–H groups in total. The van der Waals surface area contributed by atoms with Crippen LogP contribution < -0.4 is 0 Å². The van der Waals surface area contributed by atoms with Crippen LogP contribution in [-0.2, 0) is 11.5 Å². The zero-order chi connectivity index (χ0) is 13.0. The van der Waals surface area contributed by atoms with Crippen LogP contribution in [0.3, 0.4) is 0 Å². The Morgan fingerprint density at radius 1 is 1.33 bits per heavy atom. The lowest BCUT2D eigenvalue weighted by Crippen LogP contribution is -1.87. The maximum Gasteiger partial charge on any atom is 0.276 e. The molecule has 1 aromatic heterocycles. The van der Waals surface area contributed by atoms with Gasteiger partial charge in [0.05, 0.1) is 5.75 Å². The van der Waals surface area contributed by atoms with Gasteiger partial charge >= 0.3 is 0 Å². The van der Waals surface area contributed by atoms with Crippen molar-refractivity contribution in [3.8, 4) is 0 Å². The van der Waals surface area contributed by atoms with E-state index in [0.29, 0.717) is 28.2 Å². The van der Waals surface area contributed by atoms with E-state index in [4.69, 9.17) is 4.42 Å². The Bertz CT molecular complexity index is 536. The van der Waals surface area contributed by atoms with Crippen LogP contribution in [0.1, 0.15) is 11.5 Å². The largest absolute Gasteiger partial charge is 0.415 e. The molecular formula is C11H10BrFN2OS2. The summed E-state index contributed by atoms with van der Waals surface area (Å²) < 4.78 is 19.7. The quantitative estimate of drug-likeness (QED) is 0.759. The number of nitrogens with zero attached hydrogens (tertiary/aromatic N) is 2. The molecule has 0 aliphatic rings. The molecule has 3 nitrogen and oxygen atoms in total. The predicted octanol–water partition coefficient (Wildman–Crippen LogP) is 4.13. The third-order valence-electron chi connectivity index (χ3n) is 2.08. The summed E-state index contributed by atoms with van der Waals surface area (Å²) in [7, 11) is 0. The minimum atomic E-state index is -0.235. The topological polar surface area (TPSA) is 38.9 Å². The lowest BCUT2D eigenvalue weighted by atomic mass is 10.2. The molecule has 2 rings (SSSR count). The average Bonchev–Trinajstić information content (AvgIpc) is 2.76. The van der Waals surface area contributed by atoms with E-state index in [0.717, 1.165) is 4.47 Å². The molecular weight excluding hydrogens is 339 g/mol. The van der Waals surface area contributed by atoms with Gasteiger partial charge in [0.2, 0.25) is 5.89 Å². The summed E-state index contributed by atoms with van der Waals surface area (Å²) in [4.78, 5) is 0. The lowest BCUT2D eigenvalue weighted by molar-refractivity contribution is 0.426. The van der Waals surface area contributed by atoms with Crippen LogP contribution >= 0.6 is 39.5 Å². The summed E-state index contributed by atoms with van der Waals surface area (Å²) in [5.41, 5.74) is 0.618. The van der Waals surface area contributed by atoms with Gasteiger partial charge < -0.3 is 4.42 Å². The van der Waals surface area contributed by atoms with Crippen molar-refractivity contribution in [3.05, 3.63) is 39.9 Å². The van der Waals surface area contributed by atoms with Gasteiger partial charge in [0.15, 0.2) is 0 Å². The van der Waals surface area contributed by atoms with Gasteiger partial charge in [-0.25, -0.2) is 4.39 Å². The summed E-state index contributed by atoms with van der Waals surface area (Å²) in [5, 5.41) is 8.27. The van der Waals surface area contributed by atoms with Crippen LogP contribution in [-0.4, -0.2) is 16.5 Å². The van der Waals surface area contributed by atoms with E-state index in [1.54, 1.807) is 17.8 Å². The molecule has 0 bridgehead atoms. The van der Waals surface area contributed by atoms with Gasteiger partial charge in [-0.15, -0.1) is 10.2 Å². The number of hydrogen-bond acceptors (Lipinski definition) is 5. The Morgan fingerprint density at radius 3 is 2.89 bits per heavy atom. The first kappa shape index (κ1) is 13.9. The van der Waals surface area contributed by atoms with E-state index < -0.39 is 0 Å². The Labute approximate surface area is 121 Å². The van der Waals surface area contributed by atoms with Crippen molar-refractivity contribution in [1.29, 1.82) is 0 Å². The van der Waals surface area contributed by atoms with Crippen LogP contribution in [0.4, 0.5) is 4.39 Å². The first-order valence-electron chi connectivity index (χ1n) is 5.07. The Balaban J connectivity index is 1.97. The van der Waals surface area contributed by atoms with Gasteiger partial charge in [-0.2, -0.15) is 11.8 Å². The smallest absolute Gasteiger partial charge is 0.276 e. The van der Waals surface area contributed by atoms with Crippen molar-refractivity contribution in [2.24, 2.45) is 0 Å². The van der Waals surface area contributed by atoms with Gasteiger partial charge in [-0.3, -0.25) is 0 Å². The van der Waals surface area contributed by atoms with E-state index in [9.17, 15) is 4.39 Å². The van der Waals surface area contributed by atoms with E-state index in [2.05, 4.69) is 26.1 Å². The minimum absolute atomic E-state index is 0.235. The molecule has 0 spiro atoms. The highest BCUT2D eigenvalue weighted by Gasteiger charge is 2.08. The van der Waals surface area contributed by atoms with Crippen molar-refractivity contribution in [2.45, 2.75) is 16.7 Å². The van der Waals surface area contributed by atoms with Crippen molar-refractivity contribution in [1.82, 2.24) is 10.2 Å². The van der Waals surface area contributed by atoms with Gasteiger partial charge in [-0.1, -0.05) is 33.8 Å². The second-order valence-electron chi connectivity index (χ2n) is 3.42. The van der Waals surface area contributed by atoms with Gasteiger partial charge in [0, 0.05) is 10.2 Å². The van der Waals surface area contributed by atoms with Crippen LogP contribution in [0.2, 0.25) is 0 Å². The summed E-state index contributed by atoms with van der Waals surface area (Å²) in [6, 6.07) is 5.00. The van der Waals surface area contributed by atoms with E-state index in [1.807, 2.05) is 12.3 Å². The van der Waals surface area contributed by atoms with Crippen molar-refractivity contribution >= 4 is 39.5 Å². The molecule has 0 aliphatic heterocycles. The fraction of sp³-hybridized carbons (Fsp3) is 0.273. The first-order chi connectivity index (χ1) is 8.69. The van der Waals surface area contributed by atoms with Crippen molar-refractivity contribution in [3.63, 3.8) is 0 Å². The maximum atomic E-state index is 13.6. The highest BCUT2D eigenvalue weighted by Crippen LogP contribution is 2.25. The molecule has 0 amide bonds. The Hall–Kier alpha value is -0.530. The zero-order valence-corrected chi connectivity index (χ0v) is 12.7. The molecule has 0 atom stereocenters. The molecule has 0 unspecified atom stereocenters. The number of aromatic nitrogens is 2. The summed E-state index contributed by atoms with van der Waals surface area (Å²) >= 11 is 6.17. The van der Waals surface area contributed by atoms with Gasteiger partial charge in [0.25, 0.3) is 5.22 Å². The van der Waals surface area contributed by atoms with Crippen molar-refractivity contribution in [2.75, 3.05) is 6.26 Å². The molecule has 1 aromatic carbocycles. The fourth-order valence-electron chi connectivity index (χ4n) is 1.26. The Morgan fingerprint density at radius 2 is 2.17 bits per heavy atom. The third-order valence-corrected chi connectivity index (χ3v) is 3.98. The molecule has 1 heterocycles. The van der Waals surface area contributed by atoms with Gasteiger partial charge in [-0.05, 0) is 24.0 Å². The zero-order valence-electron chi connectivity index (χ0n) is 9.52. The van der Waals surface area contributed by atoms with Crippen LogP contribution in [0.5, 0.6) is 0 Å². The van der Waals surface area contributed by atoms with E-state index in [-0.39, 0.29) is 5.82 Å². The van der Waals surface area contributed by atoms with E-state index >= 15 is 0 Å². The monoisotopic (exact) mass is 348 g/mol. The molecule has 0 radical (unpaired) electrons. The van der Waals surface area contributed by atoms with E-state index in [1.165, 1.54) is 17.8 Å². The first-order valence-corrected chi connectivity index (χ1v) is 8.24. The molecule has 2 aromatic rings. The molecule has 7 heteroatoms. The normalized spacial score (nSPS) is 10.8. The van der Waals surface area contributed by atoms with Crippen molar-refractivity contribution < 1.29 is 8.81 Å². The summed E-state index contributed by atoms with van der Waals surface area (Å²) in [6.45, 7) is 0. The molecule has 0 fully saturated rings.